The maximum absolute atomic E-state index is 5.39. The van der Waals surface area contributed by atoms with Crippen LogP contribution in [0.3, 0.4) is 0 Å². The lowest BCUT2D eigenvalue weighted by molar-refractivity contribution is 0.397. The fourth-order valence-corrected chi connectivity index (χ4v) is 1.81. The number of thiol groups is 1. The van der Waals surface area contributed by atoms with Crippen molar-refractivity contribution in [1.82, 2.24) is 5.32 Å². The summed E-state index contributed by atoms with van der Waals surface area (Å²) in [4.78, 5) is 0. The topological polar surface area (TPSA) is 21.3 Å². The van der Waals surface area contributed by atoms with Crippen LogP contribution in [0.4, 0.5) is 0 Å². The molecule has 0 aromatic heterocycles. The van der Waals surface area contributed by atoms with E-state index in [0.717, 1.165) is 11.3 Å². The van der Waals surface area contributed by atoms with E-state index in [9.17, 15) is 0 Å². The number of rotatable bonds is 3. The van der Waals surface area contributed by atoms with E-state index in [1.165, 1.54) is 5.56 Å². The maximum Gasteiger partial charge on any atom is 0.122 e. The minimum absolute atomic E-state index is 0.0620. The standard InChI is InChI=1S/C13H21NOS/c1-13(2,3)10-8-9(12(16)14-4)6-7-11(10)15-5/h6-8,12,14,16H,1-5H3. The van der Waals surface area contributed by atoms with E-state index in [1.807, 2.05) is 19.2 Å². The molecule has 3 heteroatoms. The molecule has 90 valence electrons. The van der Waals surface area contributed by atoms with E-state index in [1.54, 1.807) is 7.11 Å². The average molecular weight is 239 g/mol. The second-order valence-corrected chi connectivity index (χ2v) is 5.42. The predicted octanol–water partition coefficient (Wildman–Crippen LogP) is 3.14. The highest BCUT2D eigenvalue weighted by atomic mass is 32.1. The summed E-state index contributed by atoms with van der Waals surface area (Å²) in [6.45, 7) is 6.55. The van der Waals surface area contributed by atoms with Crippen LogP contribution >= 0.6 is 12.6 Å². The average Bonchev–Trinajstić information content (AvgIpc) is 2.26. The third-order valence-corrected chi connectivity index (χ3v) is 3.18. The molecule has 0 fully saturated rings. The molecule has 0 aliphatic carbocycles. The summed E-state index contributed by atoms with van der Waals surface area (Å²) in [7, 11) is 3.61. The Morgan fingerprint density at radius 3 is 2.38 bits per heavy atom. The zero-order valence-corrected chi connectivity index (χ0v) is 11.6. The molecule has 1 atom stereocenters. The van der Waals surface area contributed by atoms with Crippen molar-refractivity contribution in [2.45, 2.75) is 31.6 Å². The van der Waals surface area contributed by atoms with Crippen molar-refractivity contribution in [3.8, 4) is 5.75 Å². The van der Waals surface area contributed by atoms with E-state index in [2.05, 4.69) is 44.8 Å². The first-order valence-corrected chi connectivity index (χ1v) is 5.95. The van der Waals surface area contributed by atoms with Crippen LogP contribution in [-0.2, 0) is 5.41 Å². The van der Waals surface area contributed by atoms with Gasteiger partial charge in [-0.2, -0.15) is 12.6 Å². The molecule has 16 heavy (non-hydrogen) atoms. The Hall–Kier alpha value is -0.670. The Balaban J connectivity index is 3.22. The molecule has 1 unspecified atom stereocenters. The number of ether oxygens (including phenoxy) is 1. The molecule has 1 N–H and O–H groups in total. The molecule has 0 saturated heterocycles. The van der Waals surface area contributed by atoms with Crippen molar-refractivity contribution in [3.63, 3.8) is 0 Å². The summed E-state index contributed by atoms with van der Waals surface area (Å²) in [5.41, 5.74) is 2.45. The van der Waals surface area contributed by atoms with Gasteiger partial charge in [-0.1, -0.05) is 26.8 Å². The molecule has 1 rings (SSSR count). The van der Waals surface area contributed by atoms with Gasteiger partial charge in [-0.3, -0.25) is 0 Å². The molecule has 0 spiro atoms. The third-order valence-electron chi connectivity index (χ3n) is 2.62. The summed E-state index contributed by atoms with van der Waals surface area (Å²) >= 11 is 4.47. The summed E-state index contributed by atoms with van der Waals surface area (Å²) < 4.78 is 5.39. The smallest absolute Gasteiger partial charge is 0.122 e. The molecule has 0 saturated carbocycles. The lowest BCUT2D eigenvalue weighted by Crippen LogP contribution is -2.15. The first-order chi connectivity index (χ1) is 7.40. The van der Waals surface area contributed by atoms with Crippen molar-refractivity contribution >= 4 is 12.6 Å². The van der Waals surface area contributed by atoms with Crippen LogP contribution in [0.25, 0.3) is 0 Å². The number of hydrogen-bond acceptors (Lipinski definition) is 3. The van der Waals surface area contributed by atoms with Crippen molar-refractivity contribution in [2.75, 3.05) is 14.2 Å². The lowest BCUT2D eigenvalue weighted by Gasteiger charge is -2.24. The van der Waals surface area contributed by atoms with Crippen molar-refractivity contribution < 1.29 is 4.74 Å². The molecule has 0 bridgehead atoms. The normalized spacial score (nSPS) is 13.6. The van der Waals surface area contributed by atoms with E-state index in [0.29, 0.717) is 0 Å². The number of nitrogens with one attached hydrogen (secondary N) is 1. The van der Waals surface area contributed by atoms with Crippen LogP contribution < -0.4 is 10.1 Å². The fraction of sp³-hybridized carbons (Fsp3) is 0.538. The Bertz CT molecular complexity index is 357. The quantitative estimate of drug-likeness (QED) is 0.624. The zero-order chi connectivity index (χ0) is 12.3. The number of benzene rings is 1. The second kappa shape index (κ2) is 5.11. The molecule has 0 radical (unpaired) electrons. The molecule has 0 aliphatic rings. The van der Waals surface area contributed by atoms with Crippen LogP contribution in [0.2, 0.25) is 0 Å². The Morgan fingerprint density at radius 1 is 1.31 bits per heavy atom. The molecule has 1 aromatic carbocycles. The highest BCUT2D eigenvalue weighted by molar-refractivity contribution is 7.80. The van der Waals surface area contributed by atoms with Crippen LogP contribution in [0, 0.1) is 0 Å². The van der Waals surface area contributed by atoms with Crippen molar-refractivity contribution in [3.05, 3.63) is 29.3 Å². The maximum atomic E-state index is 5.39. The van der Waals surface area contributed by atoms with Gasteiger partial charge < -0.3 is 10.1 Å². The number of hydrogen-bond donors (Lipinski definition) is 2. The van der Waals surface area contributed by atoms with Gasteiger partial charge in [0, 0.05) is 0 Å². The monoisotopic (exact) mass is 239 g/mol. The van der Waals surface area contributed by atoms with Crippen molar-refractivity contribution in [2.24, 2.45) is 0 Å². The minimum Gasteiger partial charge on any atom is -0.496 e. The summed E-state index contributed by atoms with van der Waals surface area (Å²) in [5.74, 6) is 0.938. The second-order valence-electron chi connectivity index (χ2n) is 4.90. The van der Waals surface area contributed by atoms with Gasteiger partial charge in [0.1, 0.15) is 5.75 Å². The van der Waals surface area contributed by atoms with E-state index >= 15 is 0 Å². The zero-order valence-electron chi connectivity index (χ0n) is 10.7. The first-order valence-electron chi connectivity index (χ1n) is 5.44. The summed E-state index contributed by atoms with van der Waals surface area (Å²) in [5, 5.41) is 3.18. The Kier molecular flexibility index (Phi) is 4.28. The van der Waals surface area contributed by atoms with Gasteiger partial charge in [-0.15, -0.1) is 0 Å². The summed E-state index contributed by atoms with van der Waals surface area (Å²) in [6.07, 6.45) is 0. The highest BCUT2D eigenvalue weighted by Crippen LogP contribution is 2.33. The molecule has 2 nitrogen and oxygen atoms in total. The highest BCUT2D eigenvalue weighted by Gasteiger charge is 2.20. The van der Waals surface area contributed by atoms with Crippen molar-refractivity contribution in [1.29, 1.82) is 0 Å². The Morgan fingerprint density at radius 2 is 1.94 bits per heavy atom. The fourth-order valence-electron chi connectivity index (χ4n) is 1.65. The third kappa shape index (κ3) is 2.92. The molecule has 1 aromatic rings. The SMILES string of the molecule is CNC(S)c1ccc(OC)c(C(C)(C)C)c1. The van der Waals surface area contributed by atoms with Gasteiger partial charge in [0.2, 0.25) is 0 Å². The molecular weight excluding hydrogens is 218 g/mol. The van der Waals surface area contributed by atoms with Gasteiger partial charge in [0.05, 0.1) is 12.5 Å². The van der Waals surface area contributed by atoms with Gasteiger partial charge in [0.25, 0.3) is 0 Å². The van der Waals surface area contributed by atoms with Gasteiger partial charge in [0.15, 0.2) is 0 Å². The van der Waals surface area contributed by atoms with Crippen LogP contribution in [0.5, 0.6) is 5.75 Å². The van der Waals surface area contributed by atoms with Gasteiger partial charge in [-0.05, 0) is 35.7 Å². The van der Waals surface area contributed by atoms with E-state index < -0.39 is 0 Å². The minimum atomic E-state index is 0.0620. The van der Waals surface area contributed by atoms with Gasteiger partial charge >= 0.3 is 0 Å². The van der Waals surface area contributed by atoms with E-state index in [-0.39, 0.29) is 10.8 Å². The van der Waals surface area contributed by atoms with Crippen LogP contribution in [0.1, 0.15) is 37.3 Å². The lowest BCUT2D eigenvalue weighted by atomic mass is 9.85. The largest absolute Gasteiger partial charge is 0.496 e. The van der Waals surface area contributed by atoms with E-state index in [4.69, 9.17) is 4.74 Å². The molecule has 0 amide bonds. The number of methoxy groups -OCH3 is 1. The predicted molar refractivity (Wildman–Crippen MR) is 72.5 cm³/mol. The Labute approximate surface area is 104 Å². The molecular formula is C13H21NOS. The first kappa shape index (κ1) is 13.4. The molecule has 0 heterocycles. The van der Waals surface area contributed by atoms with Crippen LogP contribution in [-0.4, -0.2) is 14.2 Å². The van der Waals surface area contributed by atoms with Crippen LogP contribution in [0.15, 0.2) is 18.2 Å². The summed E-state index contributed by atoms with van der Waals surface area (Å²) in [6, 6.07) is 6.21. The molecule has 0 aliphatic heterocycles. The van der Waals surface area contributed by atoms with Gasteiger partial charge in [-0.25, -0.2) is 0 Å².